The van der Waals surface area contributed by atoms with E-state index in [4.69, 9.17) is 0 Å². The molecule has 2 aromatic carbocycles. The van der Waals surface area contributed by atoms with Crippen molar-refractivity contribution < 1.29 is 57.7 Å². The van der Waals surface area contributed by atoms with Gasteiger partial charge in [0, 0.05) is 0 Å². The number of benzene rings is 2. The van der Waals surface area contributed by atoms with Crippen molar-refractivity contribution in [1.82, 2.24) is 0 Å². The molecule has 136 valence electrons. The van der Waals surface area contributed by atoms with Crippen LogP contribution in [0.5, 0.6) is 0 Å². The van der Waals surface area contributed by atoms with E-state index in [0.717, 1.165) is 12.8 Å². The topological polar surface area (TPSA) is 0 Å². The molecule has 1 atom stereocenters. The molecule has 3 rings (SSSR count). The zero-order valence-corrected chi connectivity index (χ0v) is 19.9. The van der Waals surface area contributed by atoms with E-state index in [2.05, 4.69) is 101 Å². The van der Waals surface area contributed by atoms with Gasteiger partial charge in [0.1, 0.15) is 0 Å². The van der Waals surface area contributed by atoms with Gasteiger partial charge in [-0.3, -0.25) is 0 Å². The van der Waals surface area contributed by atoms with E-state index in [-0.39, 0.29) is 37.2 Å². The predicted octanol–water partition coefficient (Wildman–Crippen LogP) is -4.08. The van der Waals surface area contributed by atoms with Gasteiger partial charge in [-0.15, -0.1) is 0 Å². The van der Waals surface area contributed by atoms with Crippen LogP contribution in [0.4, 0.5) is 0 Å². The fourth-order valence-corrected chi connectivity index (χ4v) is 8.97. The van der Waals surface area contributed by atoms with Crippen LogP contribution in [-0.2, 0) is 26.9 Å². The largest absolute Gasteiger partial charge is 1.00 e. The maximum absolute atomic E-state index is 2.55. The average Bonchev–Trinajstić information content (AvgIpc) is 2.97. The third-order valence-electron chi connectivity index (χ3n) is 5.08. The first-order valence-corrected chi connectivity index (χ1v) is 11.9. The van der Waals surface area contributed by atoms with Crippen molar-refractivity contribution >= 4 is 13.3 Å². The molecule has 0 saturated carbocycles. The van der Waals surface area contributed by atoms with Crippen molar-refractivity contribution in [2.75, 3.05) is 0 Å². The minimum Gasteiger partial charge on any atom is -1.00 e. The van der Waals surface area contributed by atoms with Crippen LogP contribution < -0.4 is 42.4 Å². The smallest absolute Gasteiger partial charge is 1.00 e. The van der Waals surface area contributed by atoms with Gasteiger partial charge in [0.05, 0.1) is 0 Å². The summed E-state index contributed by atoms with van der Waals surface area (Å²) in [6.07, 6.45) is 4.68. The summed E-state index contributed by atoms with van der Waals surface area (Å²) in [6.45, 7) is 4.92. The molecule has 0 spiro atoms. The molecule has 0 saturated heterocycles. The zero-order chi connectivity index (χ0) is 16.3. The number of hydrogen-bond acceptors (Lipinski definition) is 0. The van der Waals surface area contributed by atoms with E-state index < -0.39 is 8.07 Å². The first kappa shape index (κ1) is 25.7. The van der Waals surface area contributed by atoms with Gasteiger partial charge in [-0.05, 0) is 0 Å². The molecule has 0 heterocycles. The van der Waals surface area contributed by atoms with Crippen molar-refractivity contribution in [3.63, 3.8) is 0 Å². The first-order chi connectivity index (χ1) is 11.1. The van der Waals surface area contributed by atoms with Crippen LogP contribution in [0.2, 0.25) is 12.6 Å². The quantitative estimate of drug-likeness (QED) is 0.401. The SMILES string of the molecule is CC[Si](C)(C1=[C]([Ti+3])CC=C1Cc1ccccc1)c1ccccc1.[Cl-].[Cl-].[Cl-]. The van der Waals surface area contributed by atoms with Gasteiger partial charge >= 0.3 is 153 Å². The Morgan fingerprint density at radius 3 is 1.96 bits per heavy atom. The van der Waals surface area contributed by atoms with Crippen molar-refractivity contribution in [1.29, 1.82) is 0 Å². The normalized spacial score (nSPS) is 15.2. The molecule has 1 aliphatic rings. The van der Waals surface area contributed by atoms with Gasteiger partial charge in [0.25, 0.3) is 0 Å². The standard InChI is InChI=1S/C21H23Si.3ClH.Ti/c1-3-22(2,20-14-8-5-9-15-20)21-16-10-13-19(21)17-18-11-6-4-7-12-18;;;;/h4-9,11-15H,3,10,17H2,1-2H3;3*1H;/q;;;;+3/p-3. The molecule has 0 radical (unpaired) electrons. The fourth-order valence-electron chi connectivity index (χ4n) is 3.62. The molecule has 0 aliphatic heterocycles. The van der Waals surface area contributed by atoms with Crippen LogP contribution in [0.25, 0.3) is 0 Å². The van der Waals surface area contributed by atoms with Gasteiger partial charge in [-0.2, -0.15) is 0 Å². The van der Waals surface area contributed by atoms with E-state index in [9.17, 15) is 0 Å². The summed E-state index contributed by atoms with van der Waals surface area (Å²) in [7, 11) is -1.64. The van der Waals surface area contributed by atoms with Crippen LogP contribution in [-0.4, -0.2) is 8.07 Å². The van der Waals surface area contributed by atoms with E-state index in [0.29, 0.717) is 0 Å². The minimum absolute atomic E-state index is 0. The third kappa shape index (κ3) is 5.38. The molecule has 0 bridgehead atoms. The van der Waals surface area contributed by atoms with Gasteiger partial charge in [-0.25, -0.2) is 0 Å². The van der Waals surface area contributed by atoms with Crippen LogP contribution in [0.15, 0.2) is 81.4 Å². The summed E-state index contributed by atoms with van der Waals surface area (Å²) in [5, 5.41) is 3.27. The number of rotatable bonds is 5. The average molecular weight is 458 g/mol. The summed E-state index contributed by atoms with van der Waals surface area (Å²) in [5.74, 6) is 0. The van der Waals surface area contributed by atoms with Gasteiger partial charge in [-0.1, -0.05) is 0 Å². The second-order valence-corrected chi connectivity index (χ2v) is 11.9. The number of halogens is 3. The predicted molar refractivity (Wildman–Crippen MR) is 98.0 cm³/mol. The van der Waals surface area contributed by atoms with Crippen LogP contribution >= 0.6 is 0 Å². The Labute approximate surface area is 189 Å². The van der Waals surface area contributed by atoms with Gasteiger partial charge in [0.2, 0.25) is 0 Å². The van der Waals surface area contributed by atoms with E-state index >= 15 is 0 Å². The van der Waals surface area contributed by atoms with Gasteiger partial charge < -0.3 is 37.2 Å². The Bertz CT molecular complexity index is 744. The fraction of sp³-hybridized carbons (Fsp3) is 0.238. The third-order valence-corrected chi connectivity index (χ3v) is 10.9. The molecule has 0 aromatic heterocycles. The molecular weight excluding hydrogens is 435 g/mol. The minimum atomic E-state index is -1.64. The van der Waals surface area contributed by atoms with Crippen molar-refractivity contribution in [2.24, 2.45) is 0 Å². The summed E-state index contributed by atoms with van der Waals surface area (Å²) >= 11 is 2.34. The molecule has 0 fully saturated rings. The Kier molecular flexibility index (Phi) is 11.4. The molecule has 0 amide bonds. The van der Waals surface area contributed by atoms with Gasteiger partial charge in [0.15, 0.2) is 0 Å². The maximum Gasteiger partial charge on any atom is -1.00 e. The summed E-state index contributed by atoms with van der Waals surface area (Å²) in [6, 6.07) is 23.4. The van der Waals surface area contributed by atoms with Crippen molar-refractivity contribution in [2.45, 2.75) is 32.4 Å². The van der Waals surface area contributed by atoms with Crippen LogP contribution in [0.1, 0.15) is 18.9 Å². The number of allylic oxidation sites excluding steroid dienone is 4. The van der Waals surface area contributed by atoms with Crippen LogP contribution in [0, 0.1) is 0 Å². The summed E-state index contributed by atoms with van der Waals surface area (Å²) in [4.78, 5) is 0. The number of hydrogen-bond donors (Lipinski definition) is 0. The summed E-state index contributed by atoms with van der Waals surface area (Å²) < 4.78 is 1.59. The molecule has 1 unspecified atom stereocenters. The van der Waals surface area contributed by atoms with Crippen molar-refractivity contribution in [3.8, 4) is 0 Å². The van der Waals surface area contributed by atoms with E-state index in [1.807, 2.05) is 0 Å². The molecule has 0 N–H and O–H groups in total. The van der Waals surface area contributed by atoms with E-state index in [1.165, 1.54) is 11.6 Å². The van der Waals surface area contributed by atoms with E-state index in [1.54, 1.807) is 19.8 Å². The zero-order valence-electron chi connectivity index (χ0n) is 15.1. The monoisotopic (exact) mass is 456 g/mol. The molecular formula is C21H23Cl3SiTi. The molecule has 2 aromatic rings. The van der Waals surface area contributed by atoms with Crippen molar-refractivity contribution in [3.05, 3.63) is 87.0 Å². The maximum atomic E-state index is 2.55. The Morgan fingerprint density at radius 2 is 1.42 bits per heavy atom. The Hall–Kier alpha value is -0.279. The second kappa shape index (κ2) is 11.5. The molecule has 5 heteroatoms. The molecule has 26 heavy (non-hydrogen) atoms. The Balaban J connectivity index is 0.00000208. The first-order valence-electron chi connectivity index (χ1n) is 8.39. The molecule has 0 nitrogen and oxygen atoms in total. The van der Waals surface area contributed by atoms with Crippen LogP contribution in [0.3, 0.4) is 0 Å². The Morgan fingerprint density at radius 1 is 0.885 bits per heavy atom. The molecule has 1 aliphatic carbocycles. The summed E-state index contributed by atoms with van der Waals surface area (Å²) in [5.41, 5.74) is 3.00. The second-order valence-electron chi connectivity index (χ2n) is 6.50.